The lowest BCUT2D eigenvalue weighted by molar-refractivity contribution is 0.102. The molecule has 1 amide bonds. The fourth-order valence-corrected chi connectivity index (χ4v) is 1.47. The van der Waals surface area contributed by atoms with E-state index >= 15 is 0 Å². The summed E-state index contributed by atoms with van der Waals surface area (Å²) in [6.45, 7) is 2.69. The zero-order valence-corrected chi connectivity index (χ0v) is 9.92. The number of aromatic nitrogens is 3. The molecule has 2 aromatic heterocycles. The van der Waals surface area contributed by atoms with Gasteiger partial charge in [0, 0.05) is 25.1 Å². The van der Waals surface area contributed by atoms with Gasteiger partial charge in [0.1, 0.15) is 0 Å². The number of nitrogens with zero attached hydrogens (tertiary/aromatic N) is 3. The van der Waals surface area contributed by atoms with E-state index < -0.39 is 0 Å². The molecule has 0 aliphatic rings. The molecule has 0 aliphatic carbocycles. The molecule has 0 fully saturated rings. The Labute approximate surface area is 104 Å². The molecule has 6 heteroatoms. The van der Waals surface area contributed by atoms with E-state index in [0.29, 0.717) is 11.4 Å². The molecular formula is C12H13N5O. The molecule has 2 rings (SSSR count). The Kier molecular flexibility index (Phi) is 3.80. The van der Waals surface area contributed by atoms with E-state index in [9.17, 15) is 4.79 Å². The number of nitrogens with one attached hydrogen (secondary N) is 2. The van der Waals surface area contributed by atoms with Crippen molar-refractivity contribution in [2.24, 2.45) is 0 Å². The third-order valence-electron chi connectivity index (χ3n) is 2.25. The first kappa shape index (κ1) is 12.0. The van der Waals surface area contributed by atoms with Gasteiger partial charge in [0.2, 0.25) is 0 Å². The van der Waals surface area contributed by atoms with Crippen molar-refractivity contribution in [1.29, 1.82) is 0 Å². The van der Waals surface area contributed by atoms with Crippen LogP contribution in [0.25, 0.3) is 0 Å². The summed E-state index contributed by atoms with van der Waals surface area (Å²) in [5, 5.41) is 13.3. The highest BCUT2D eigenvalue weighted by Crippen LogP contribution is 2.14. The second-order valence-electron chi connectivity index (χ2n) is 3.51. The molecule has 0 atom stereocenters. The molecule has 0 aliphatic heterocycles. The lowest BCUT2D eigenvalue weighted by atomic mass is 10.2. The minimum atomic E-state index is -0.264. The Morgan fingerprint density at radius 3 is 2.94 bits per heavy atom. The van der Waals surface area contributed by atoms with E-state index in [4.69, 9.17) is 0 Å². The molecule has 2 N–H and O–H groups in total. The van der Waals surface area contributed by atoms with Crippen LogP contribution in [0.1, 0.15) is 17.3 Å². The van der Waals surface area contributed by atoms with Gasteiger partial charge >= 0.3 is 0 Å². The second-order valence-corrected chi connectivity index (χ2v) is 3.51. The molecule has 0 saturated heterocycles. The van der Waals surface area contributed by atoms with Crippen molar-refractivity contribution >= 4 is 17.4 Å². The predicted molar refractivity (Wildman–Crippen MR) is 68.4 cm³/mol. The molecule has 0 spiro atoms. The Morgan fingerprint density at radius 2 is 2.22 bits per heavy atom. The van der Waals surface area contributed by atoms with E-state index in [1.54, 1.807) is 30.6 Å². The Morgan fingerprint density at radius 1 is 1.33 bits per heavy atom. The predicted octanol–water partition coefficient (Wildman–Crippen LogP) is 1.56. The van der Waals surface area contributed by atoms with Gasteiger partial charge in [0.25, 0.3) is 5.91 Å². The van der Waals surface area contributed by atoms with Crippen LogP contribution in [0.2, 0.25) is 0 Å². The quantitative estimate of drug-likeness (QED) is 0.851. The van der Waals surface area contributed by atoms with Gasteiger partial charge in [-0.2, -0.15) is 5.10 Å². The second kappa shape index (κ2) is 5.72. The lowest BCUT2D eigenvalue weighted by Gasteiger charge is -2.09. The van der Waals surface area contributed by atoms with Gasteiger partial charge in [-0.15, -0.1) is 5.10 Å². The number of hydrogen-bond acceptors (Lipinski definition) is 5. The van der Waals surface area contributed by atoms with Crippen LogP contribution >= 0.6 is 0 Å². The molecule has 0 unspecified atom stereocenters. The van der Waals surface area contributed by atoms with E-state index in [-0.39, 0.29) is 5.91 Å². The first-order chi connectivity index (χ1) is 8.81. The van der Waals surface area contributed by atoms with Crippen LogP contribution in [-0.2, 0) is 0 Å². The lowest BCUT2D eigenvalue weighted by Crippen LogP contribution is -2.16. The van der Waals surface area contributed by atoms with Crippen LogP contribution in [0.5, 0.6) is 0 Å². The first-order valence-corrected chi connectivity index (χ1v) is 5.58. The molecule has 0 radical (unpaired) electrons. The zero-order chi connectivity index (χ0) is 12.8. The first-order valence-electron chi connectivity index (χ1n) is 5.58. The zero-order valence-electron chi connectivity index (χ0n) is 9.92. The van der Waals surface area contributed by atoms with Crippen molar-refractivity contribution in [3.63, 3.8) is 0 Å². The van der Waals surface area contributed by atoms with Crippen molar-refractivity contribution in [3.05, 3.63) is 42.4 Å². The van der Waals surface area contributed by atoms with Gasteiger partial charge in [-0.3, -0.25) is 9.78 Å². The summed E-state index contributed by atoms with van der Waals surface area (Å²) < 4.78 is 0. The highest BCUT2D eigenvalue weighted by Gasteiger charge is 2.11. The van der Waals surface area contributed by atoms with Gasteiger partial charge < -0.3 is 10.6 Å². The summed E-state index contributed by atoms with van der Waals surface area (Å²) in [4.78, 5) is 16.0. The molecule has 18 heavy (non-hydrogen) atoms. The van der Waals surface area contributed by atoms with Crippen LogP contribution in [0, 0.1) is 0 Å². The summed E-state index contributed by atoms with van der Waals surface area (Å²) in [6, 6.07) is 5.14. The van der Waals surface area contributed by atoms with Crippen molar-refractivity contribution in [1.82, 2.24) is 15.2 Å². The smallest absolute Gasteiger partial charge is 0.260 e. The number of hydrogen-bond donors (Lipinski definition) is 2. The summed E-state index contributed by atoms with van der Waals surface area (Å²) in [5.41, 5.74) is 1.22. The average Bonchev–Trinajstić information content (AvgIpc) is 2.41. The Balaban J connectivity index is 2.19. The number of rotatable bonds is 4. The summed E-state index contributed by atoms with van der Waals surface area (Å²) in [5.74, 6) is 0.147. The van der Waals surface area contributed by atoms with Crippen LogP contribution < -0.4 is 10.6 Å². The maximum atomic E-state index is 12.1. The summed E-state index contributed by atoms with van der Waals surface area (Å²) >= 11 is 0. The molecule has 2 aromatic rings. The highest BCUT2D eigenvalue weighted by atomic mass is 16.1. The van der Waals surface area contributed by atoms with E-state index in [0.717, 1.165) is 12.2 Å². The third kappa shape index (κ3) is 2.79. The maximum Gasteiger partial charge on any atom is 0.260 e. The average molecular weight is 243 g/mol. The molecule has 0 aromatic carbocycles. The van der Waals surface area contributed by atoms with Gasteiger partial charge in [0.05, 0.1) is 11.3 Å². The van der Waals surface area contributed by atoms with Gasteiger partial charge in [-0.05, 0) is 25.1 Å². The van der Waals surface area contributed by atoms with Crippen molar-refractivity contribution < 1.29 is 4.79 Å². The molecular weight excluding hydrogens is 230 g/mol. The summed E-state index contributed by atoms with van der Waals surface area (Å²) in [7, 11) is 0. The molecule has 0 saturated carbocycles. The number of anilines is 2. The largest absolute Gasteiger partial charge is 0.385 e. The summed E-state index contributed by atoms with van der Waals surface area (Å²) in [6.07, 6.45) is 4.70. The van der Waals surface area contributed by atoms with E-state index in [1.807, 2.05) is 6.92 Å². The third-order valence-corrected chi connectivity index (χ3v) is 2.25. The fraction of sp³-hybridized carbons (Fsp3) is 0.167. The minimum Gasteiger partial charge on any atom is -0.385 e. The number of amides is 1. The van der Waals surface area contributed by atoms with Crippen molar-refractivity contribution in [2.75, 3.05) is 17.2 Å². The number of pyridine rings is 1. The molecule has 0 bridgehead atoms. The Hall–Kier alpha value is -2.50. The molecule has 2 heterocycles. The highest BCUT2D eigenvalue weighted by molar-refractivity contribution is 6.07. The van der Waals surface area contributed by atoms with E-state index in [2.05, 4.69) is 25.8 Å². The molecule has 6 nitrogen and oxygen atoms in total. The van der Waals surface area contributed by atoms with E-state index in [1.165, 1.54) is 6.20 Å². The normalized spacial score (nSPS) is 9.83. The standard InChI is InChI=1S/C12H13N5O/c1-2-14-10-5-7-13-8-9(10)12(18)16-11-4-3-6-15-17-11/h3-8H,2H2,1H3,(H,13,14)(H,16,17,18). The van der Waals surface area contributed by atoms with Gasteiger partial charge in [0.15, 0.2) is 5.82 Å². The number of carbonyl (C=O) groups excluding carboxylic acids is 1. The van der Waals surface area contributed by atoms with Gasteiger partial charge in [-0.25, -0.2) is 0 Å². The van der Waals surface area contributed by atoms with Crippen molar-refractivity contribution in [3.8, 4) is 0 Å². The SMILES string of the molecule is CCNc1ccncc1C(=O)Nc1cccnn1. The minimum absolute atomic E-state index is 0.264. The fourth-order valence-electron chi connectivity index (χ4n) is 1.47. The van der Waals surface area contributed by atoms with Crippen LogP contribution in [0.3, 0.4) is 0 Å². The van der Waals surface area contributed by atoms with Crippen LogP contribution in [0.15, 0.2) is 36.8 Å². The number of carbonyl (C=O) groups is 1. The van der Waals surface area contributed by atoms with Crippen molar-refractivity contribution in [2.45, 2.75) is 6.92 Å². The Bertz CT molecular complexity index is 529. The van der Waals surface area contributed by atoms with Crippen LogP contribution in [0.4, 0.5) is 11.5 Å². The monoisotopic (exact) mass is 243 g/mol. The molecule has 92 valence electrons. The van der Waals surface area contributed by atoms with Crippen LogP contribution in [-0.4, -0.2) is 27.6 Å². The maximum absolute atomic E-state index is 12.1. The van der Waals surface area contributed by atoms with Gasteiger partial charge in [-0.1, -0.05) is 0 Å². The topological polar surface area (TPSA) is 79.8 Å².